The van der Waals surface area contributed by atoms with Crippen LogP contribution in [0.1, 0.15) is 34.6 Å². The van der Waals surface area contributed by atoms with Gasteiger partial charge in [0.2, 0.25) is 0 Å². The summed E-state index contributed by atoms with van der Waals surface area (Å²) in [4.78, 5) is 28.4. The Bertz CT molecular complexity index is 996. The molecule has 1 N–H and O–H groups in total. The molecule has 1 aromatic carbocycles. The molecule has 2 heterocycles. The predicted octanol–water partition coefficient (Wildman–Crippen LogP) is 2.45. The lowest BCUT2D eigenvalue weighted by molar-refractivity contribution is -0.148. The highest BCUT2D eigenvalue weighted by Crippen LogP contribution is 2.17. The van der Waals surface area contributed by atoms with Gasteiger partial charge in [0.25, 0.3) is 5.91 Å². The third kappa shape index (κ3) is 4.73. The maximum absolute atomic E-state index is 12.0. The largest absolute Gasteiger partial charge is 0.456 e. The van der Waals surface area contributed by atoms with Gasteiger partial charge in [0.05, 0.1) is 5.69 Å². The number of amides is 1. The number of esters is 1. The summed E-state index contributed by atoms with van der Waals surface area (Å²) in [6, 6.07) is 11.5. The van der Waals surface area contributed by atoms with Crippen molar-refractivity contribution in [3.63, 3.8) is 0 Å². The fourth-order valence-electron chi connectivity index (χ4n) is 3.10. The molecule has 7 heteroatoms. The summed E-state index contributed by atoms with van der Waals surface area (Å²) in [6.07, 6.45) is 0.672. The Morgan fingerprint density at radius 1 is 1.14 bits per heavy atom. The molecular weight excluding hydrogens is 356 g/mol. The molecule has 2 aromatic heterocycles. The van der Waals surface area contributed by atoms with E-state index in [1.165, 1.54) is 0 Å². The molecule has 1 amide bonds. The number of aryl methyl sites for hydroxylation is 3. The summed E-state index contributed by atoms with van der Waals surface area (Å²) in [7, 11) is 0. The third-order valence-corrected chi connectivity index (χ3v) is 4.56. The lowest BCUT2D eigenvalue weighted by Gasteiger charge is -2.11. The van der Waals surface area contributed by atoms with Gasteiger partial charge >= 0.3 is 5.97 Å². The Morgan fingerprint density at radius 2 is 1.89 bits per heavy atom. The molecule has 146 valence electrons. The van der Waals surface area contributed by atoms with Gasteiger partial charge in [-0.05, 0) is 38.3 Å². The van der Waals surface area contributed by atoms with E-state index in [4.69, 9.17) is 4.74 Å². The number of rotatable bonds is 7. The van der Waals surface area contributed by atoms with E-state index in [-0.39, 0.29) is 18.9 Å². The van der Waals surface area contributed by atoms with E-state index in [2.05, 4.69) is 15.4 Å². The molecule has 0 atom stereocenters. The van der Waals surface area contributed by atoms with Crippen LogP contribution in [-0.2, 0) is 27.3 Å². The van der Waals surface area contributed by atoms with Gasteiger partial charge in [-0.15, -0.1) is 0 Å². The van der Waals surface area contributed by atoms with Gasteiger partial charge in [0, 0.05) is 30.4 Å². The minimum atomic E-state index is -0.412. The van der Waals surface area contributed by atoms with Crippen molar-refractivity contribution in [1.82, 2.24) is 19.9 Å². The number of carbonyl (C=O) groups excluding carboxylic acids is 2. The molecular formula is C21H24N4O3. The summed E-state index contributed by atoms with van der Waals surface area (Å²) >= 11 is 0. The van der Waals surface area contributed by atoms with Gasteiger partial charge in [-0.1, -0.05) is 30.3 Å². The van der Waals surface area contributed by atoms with Crippen LogP contribution >= 0.6 is 0 Å². The Hall–Kier alpha value is -3.22. The van der Waals surface area contributed by atoms with Gasteiger partial charge in [-0.25, -0.2) is 9.50 Å². The molecule has 0 saturated carbocycles. The maximum Gasteiger partial charge on any atom is 0.306 e. The Morgan fingerprint density at radius 3 is 2.64 bits per heavy atom. The maximum atomic E-state index is 12.0. The quantitative estimate of drug-likeness (QED) is 0.637. The van der Waals surface area contributed by atoms with Crippen molar-refractivity contribution in [3.05, 3.63) is 64.6 Å². The van der Waals surface area contributed by atoms with Crippen molar-refractivity contribution in [1.29, 1.82) is 0 Å². The lowest BCUT2D eigenvalue weighted by Crippen LogP contribution is -2.28. The molecule has 0 spiro atoms. The highest BCUT2D eigenvalue weighted by molar-refractivity contribution is 5.80. The first kappa shape index (κ1) is 19.5. The zero-order valence-corrected chi connectivity index (χ0v) is 16.4. The molecule has 0 unspecified atom stereocenters. The van der Waals surface area contributed by atoms with E-state index in [0.717, 1.165) is 33.9 Å². The molecule has 0 aliphatic rings. The molecule has 0 bridgehead atoms. The van der Waals surface area contributed by atoms with E-state index < -0.39 is 5.97 Å². The average Bonchev–Trinajstić information content (AvgIpc) is 3.05. The van der Waals surface area contributed by atoms with Crippen molar-refractivity contribution in [2.45, 2.75) is 40.2 Å². The van der Waals surface area contributed by atoms with Gasteiger partial charge in [-0.2, -0.15) is 5.10 Å². The normalized spacial score (nSPS) is 10.8. The SMILES string of the molecule is Cc1cc2nc(C)c(CCC(=O)OCC(=O)NCc3ccccc3)c(C)n2n1. The second-order valence-corrected chi connectivity index (χ2v) is 6.74. The summed E-state index contributed by atoms with van der Waals surface area (Å²) in [5.41, 5.74) is 5.50. The molecule has 3 rings (SSSR count). The molecule has 0 aliphatic carbocycles. The topological polar surface area (TPSA) is 85.6 Å². The van der Waals surface area contributed by atoms with E-state index in [1.54, 1.807) is 4.52 Å². The minimum absolute atomic E-state index is 0.182. The number of fused-ring (bicyclic) bond motifs is 1. The smallest absolute Gasteiger partial charge is 0.306 e. The first-order chi connectivity index (χ1) is 13.4. The number of aromatic nitrogens is 3. The van der Waals surface area contributed by atoms with Crippen LogP contribution in [0.2, 0.25) is 0 Å². The number of benzene rings is 1. The second-order valence-electron chi connectivity index (χ2n) is 6.74. The monoisotopic (exact) mass is 380 g/mol. The van der Waals surface area contributed by atoms with Crippen LogP contribution in [-0.4, -0.2) is 33.1 Å². The van der Waals surface area contributed by atoms with Crippen LogP contribution in [0.5, 0.6) is 0 Å². The Kier molecular flexibility index (Phi) is 6.03. The minimum Gasteiger partial charge on any atom is -0.456 e. The van der Waals surface area contributed by atoms with Crippen LogP contribution in [0, 0.1) is 20.8 Å². The predicted molar refractivity (Wildman–Crippen MR) is 105 cm³/mol. The Labute approximate surface area is 163 Å². The number of nitrogens with zero attached hydrogens (tertiary/aromatic N) is 3. The summed E-state index contributed by atoms with van der Waals surface area (Å²) < 4.78 is 6.88. The molecule has 7 nitrogen and oxygen atoms in total. The van der Waals surface area contributed by atoms with Gasteiger partial charge in [-0.3, -0.25) is 9.59 Å². The van der Waals surface area contributed by atoms with E-state index in [1.807, 2.05) is 57.2 Å². The third-order valence-electron chi connectivity index (χ3n) is 4.56. The molecule has 3 aromatic rings. The van der Waals surface area contributed by atoms with Crippen molar-refractivity contribution in [3.8, 4) is 0 Å². The second kappa shape index (κ2) is 8.65. The first-order valence-electron chi connectivity index (χ1n) is 9.22. The van der Waals surface area contributed by atoms with Crippen LogP contribution < -0.4 is 5.32 Å². The van der Waals surface area contributed by atoms with Gasteiger partial charge in [0.15, 0.2) is 12.3 Å². The van der Waals surface area contributed by atoms with Crippen LogP contribution in [0.4, 0.5) is 0 Å². The summed E-state index contributed by atoms with van der Waals surface area (Å²) in [5, 5.41) is 7.16. The molecule has 0 radical (unpaired) electrons. The molecule has 0 aliphatic heterocycles. The van der Waals surface area contributed by atoms with Crippen LogP contribution in [0.15, 0.2) is 36.4 Å². The number of carbonyl (C=O) groups is 2. The highest BCUT2D eigenvalue weighted by atomic mass is 16.5. The fourth-order valence-corrected chi connectivity index (χ4v) is 3.10. The highest BCUT2D eigenvalue weighted by Gasteiger charge is 2.14. The van der Waals surface area contributed by atoms with Crippen molar-refractivity contribution in [2.75, 3.05) is 6.61 Å². The lowest BCUT2D eigenvalue weighted by atomic mass is 10.1. The Balaban J connectivity index is 1.49. The number of ether oxygens (including phenoxy) is 1. The van der Waals surface area contributed by atoms with Gasteiger partial charge < -0.3 is 10.1 Å². The average molecular weight is 380 g/mol. The van der Waals surface area contributed by atoms with Crippen molar-refractivity contribution >= 4 is 17.5 Å². The van der Waals surface area contributed by atoms with Crippen LogP contribution in [0.25, 0.3) is 5.65 Å². The van der Waals surface area contributed by atoms with Crippen molar-refractivity contribution < 1.29 is 14.3 Å². The zero-order valence-electron chi connectivity index (χ0n) is 16.4. The van der Waals surface area contributed by atoms with Gasteiger partial charge in [0.1, 0.15) is 0 Å². The van der Waals surface area contributed by atoms with E-state index in [0.29, 0.717) is 13.0 Å². The number of hydrogen-bond donors (Lipinski definition) is 1. The zero-order chi connectivity index (χ0) is 20.1. The molecule has 0 saturated heterocycles. The van der Waals surface area contributed by atoms with Crippen molar-refractivity contribution in [2.24, 2.45) is 0 Å². The van der Waals surface area contributed by atoms with Crippen LogP contribution in [0.3, 0.4) is 0 Å². The number of hydrogen-bond acceptors (Lipinski definition) is 5. The van der Waals surface area contributed by atoms with E-state index >= 15 is 0 Å². The standard InChI is InChI=1S/C21H24N4O3/c1-14-11-19-23-15(2)18(16(3)25(19)24-14)9-10-21(27)28-13-20(26)22-12-17-7-5-4-6-8-17/h4-8,11H,9-10,12-13H2,1-3H3,(H,22,26). The molecule has 0 fully saturated rings. The van der Waals surface area contributed by atoms with E-state index in [9.17, 15) is 9.59 Å². The fraction of sp³-hybridized carbons (Fsp3) is 0.333. The summed E-state index contributed by atoms with van der Waals surface area (Å²) in [5.74, 6) is -0.731. The molecule has 28 heavy (non-hydrogen) atoms. The first-order valence-corrected chi connectivity index (χ1v) is 9.22. The summed E-state index contributed by atoms with van der Waals surface area (Å²) in [6.45, 7) is 5.94. The number of nitrogens with one attached hydrogen (secondary N) is 1.